The first kappa shape index (κ1) is 15.4. The number of amidine groups is 1. The Labute approximate surface area is 111 Å². The molecule has 0 aliphatic carbocycles. The molecule has 5 N–H and O–H groups in total. The lowest BCUT2D eigenvalue weighted by Crippen LogP contribution is -2.61. The van der Waals surface area contributed by atoms with Crippen molar-refractivity contribution >= 4 is 11.5 Å². The molecule has 0 atom stereocenters. The predicted octanol–water partition coefficient (Wildman–Crippen LogP) is 1.40. The molecule has 0 bridgehead atoms. The Hall–Kier alpha value is -1.70. The van der Waals surface area contributed by atoms with E-state index in [0.29, 0.717) is 18.9 Å². The van der Waals surface area contributed by atoms with Gasteiger partial charge in [0.15, 0.2) is 5.84 Å². The zero-order valence-corrected chi connectivity index (χ0v) is 11.0. The first-order chi connectivity index (χ1) is 9.04. The van der Waals surface area contributed by atoms with Gasteiger partial charge in [-0.3, -0.25) is 5.41 Å². The molecule has 0 aromatic heterocycles. The molecule has 1 rings (SSSR count). The zero-order valence-electron chi connectivity index (χ0n) is 11.0. The summed E-state index contributed by atoms with van der Waals surface area (Å²) in [5.41, 5.74) is 11.6. The van der Waals surface area contributed by atoms with E-state index in [0.717, 1.165) is 0 Å². The van der Waals surface area contributed by atoms with Crippen LogP contribution in [-0.4, -0.2) is 25.0 Å². The van der Waals surface area contributed by atoms with Gasteiger partial charge >= 0.3 is 5.91 Å². The van der Waals surface area contributed by atoms with E-state index in [9.17, 15) is 4.39 Å². The molecule has 0 amide bonds. The number of hydrogen-bond donors (Lipinski definition) is 4. The Bertz CT molecular complexity index is 405. The third kappa shape index (κ3) is 4.16. The Morgan fingerprint density at radius 3 is 2.21 bits per heavy atom. The molecule has 0 spiro atoms. The van der Waals surface area contributed by atoms with Crippen molar-refractivity contribution in [3.8, 4) is 0 Å². The highest BCUT2D eigenvalue weighted by molar-refractivity contribution is 5.84. The molecule has 1 aromatic rings. The minimum Gasteiger partial charge on any atom is -0.382 e. The molecular formula is C12H19FN4O2. The zero-order chi connectivity index (χ0) is 14.3. The molecule has 0 unspecified atom stereocenters. The summed E-state index contributed by atoms with van der Waals surface area (Å²) in [6.07, 6.45) is 0. The minimum absolute atomic E-state index is 0.303. The number of nitrogens with two attached hydrogens (primary N) is 1. The van der Waals surface area contributed by atoms with Crippen molar-refractivity contribution in [3.05, 3.63) is 30.1 Å². The first-order valence-corrected chi connectivity index (χ1v) is 5.95. The van der Waals surface area contributed by atoms with E-state index in [4.69, 9.17) is 20.6 Å². The van der Waals surface area contributed by atoms with Crippen LogP contribution in [0, 0.1) is 11.2 Å². The average molecular weight is 270 g/mol. The van der Waals surface area contributed by atoms with Crippen LogP contribution in [0.2, 0.25) is 0 Å². The van der Waals surface area contributed by atoms with E-state index in [1.165, 1.54) is 24.3 Å². The molecule has 6 nitrogen and oxygen atoms in total. The lowest BCUT2D eigenvalue weighted by atomic mass is 10.3. The molecule has 1 aromatic carbocycles. The summed E-state index contributed by atoms with van der Waals surface area (Å²) in [5.74, 6) is -2.19. The fraction of sp³-hybridized carbons (Fsp3) is 0.417. The molecule has 7 heteroatoms. The van der Waals surface area contributed by atoms with Crippen LogP contribution in [0.1, 0.15) is 13.8 Å². The molecule has 0 heterocycles. The van der Waals surface area contributed by atoms with E-state index in [1.54, 1.807) is 13.8 Å². The van der Waals surface area contributed by atoms with E-state index >= 15 is 0 Å². The quantitative estimate of drug-likeness (QED) is 0.248. The average Bonchev–Trinajstić information content (AvgIpc) is 2.38. The minimum atomic E-state index is -1.54. The SMILES string of the molecule is CCOC(NNc1ccc(F)cc1)(OCC)C(=N)N. The van der Waals surface area contributed by atoms with E-state index in [1.807, 2.05) is 0 Å². The largest absolute Gasteiger partial charge is 0.382 e. The normalized spacial score (nSPS) is 11.3. The molecule has 0 fully saturated rings. The molecule has 0 radical (unpaired) electrons. The van der Waals surface area contributed by atoms with Crippen molar-refractivity contribution in [2.45, 2.75) is 19.8 Å². The number of benzene rings is 1. The van der Waals surface area contributed by atoms with Gasteiger partial charge in [0.2, 0.25) is 0 Å². The highest BCUT2D eigenvalue weighted by Gasteiger charge is 2.35. The fourth-order valence-electron chi connectivity index (χ4n) is 1.43. The van der Waals surface area contributed by atoms with Gasteiger partial charge in [0.25, 0.3) is 0 Å². The summed E-state index contributed by atoms with van der Waals surface area (Å²) in [7, 11) is 0. The topological polar surface area (TPSA) is 92.4 Å². The first-order valence-electron chi connectivity index (χ1n) is 5.95. The number of hydrazine groups is 1. The summed E-state index contributed by atoms with van der Waals surface area (Å²) in [6.45, 7) is 4.13. The van der Waals surface area contributed by atoms with E-state index < -0.39 is 5.91 Å². The van der Waals surface area contributed by atoms with Crippen LogP contribution >= 0.6 is 0 Å². The maximum absolute atomic E-state index is 12.8. The molecule has 106 valence electrons. The Morgan fingerprint density at radius 1 is 1.26 bits per heavy atom. The lowest BCUT2D eigenvalue weighted by Gasteiger charge is -2.32. The lowest BCUT2D eigenvalue weighted by molar-refractivity contribution is -0.201. The maximum atomic E-state index is 12.8. The van der Waals surface area contributed by atoms with Crippen molar-refractivity contribution in [1.29, 1.82) is 5.41 Å². The third-order valence-electron chi connectivity index (χ3n) is 2.27. The summed E-state index contributed by atoms with van der Waals surface area (Å²) >= 11 is 0. The van der Waals surface area contributed by atoms with Crippen molar-refractivity contribution in [3.63, 3.8) is 0 Å². The van der Waals surface area contributed by atoms with Crippen LogP contribution in [0.25, 0.3) is 0 Å². The highest BCUT2D eigenvalue weighted by atomic mass is 19.1. The Morgan fingerprint density at radius 2 is 1.79 bits per heavy atom. The van der Waals surface area contributed by atoms with Gasteiger partial charge < -0.3 is 20.6 Å². The van der Waals surface area contributed by atoms with Crippen molar-refractivity contribution in [1.82, 2.24) is 5.43 Å². The fourth-order valence-corrected chi connectivity index (χ4v) is 1.43. The number of halogens is 1. The van der Waals surface area contributed by atoms with Crippen LogP contribution in [0.5, 0.6) is 0 Å². The van der Waals surface area contributed by atoms with Gasteiger partial charge in [0.1, 0.15) is 5.82 Å². The molecule has 0 saturated carbocycles. The molecule has 0 aliphatic rings. The number of anilines is 1. The van der Waals surface area contributed by atoms with Gasteiger partial charge in [0, 0.05) is 18.9 Å². The van der Waals surface area contributed by atoms with Crippen LogP contribution in [0.15, 0.2) is 24.3 Å². The monoisotopic (exact) mass is 270 g/mol. The van der Waals surface area contributed by atoms with Crippen LogP contribution in [-0.2, 0) is 9.47 Å². The summed E-state index contributed by atoms with van der Waals surface area (Å²) in [6, 6.07) is 5.68. The van der Waals surface area contributed by atoms with Crippen LogP contribution in [0.3, 0.4) is 0 Å². The van der Waals surface area contributed by atoms with Gasteiger partial charge in [-0.15, -0.1) is 0 Å². The van der Waals surface area contributed by atoms with E-state index in [-0.39, 0.29) is 11.7 Å². The van der Waals surface area contributed by atoms with Gasteiger partial charge in [0.05, 0.1) is 0 Å². The van der Waals surface area contributed by atoms with Gasteiger partial charge in [-0.1, -0.05) is 0 Å². The predicted molar refractivity (Wildman–Crippen MR) is 71.1 cm³/mol. The number of rotatable bonds is 8. The second-order valence-electron chi connectivity index (χ2n) is 3.65. The Balaban J connectivity index is 2.76. The number of nitrogens with one attached hydrogen (secondary N) is 3. The van der Waals surface area contributed by atoms with Crippen LogP contribution in [0.4, 0.5) is 10.1 Å². The summed E-state index contributed by atoms with van der Waals surface area (Å²) in [4.78, 5) is 0. The van der Waals surface area contributed by atoms with Crippen molar-refractivity contribution < 1.29 is 13.9 Å². The third-order valence-corrected chi connectivity index (χ3v) is 2.27. The molecule has 0 aliphatic heterocycles. The van der Waals surface area contributed by atoms with Crippen molar-refractivity contribution in [2.24, 2.45) is 5.73 Å². The Kier molecular flexibility index (Phi) is 5.68. The summed E-state index contributed by atoms with van der Waals surface area (Å²) < 4.78 is 23.5. The summed E-state index contributed by atoms with van der Waals surface area (Å²) in [5, 5.41) is 7.57. The number of ether oxygens (including phenoxy) is 2. The van der Waals surface area contributed by atoms with Gasteiger partial charge in [-0.2, -0.15) is 5.43 Å². The van der Waals surface area contributed by atoms with Crippen molar-refractivity contribution in [2.75, 3.05) is 18.6 Å². The second-order valence-corrected chi connectivity index (χ2v) is 3.65. The molecule has 0 saturated heterocycles. The number of hydrogen-bond acceptors (Lipinski definition) is 5. The maximum Gasteiger partial charge on any atom is 0.305 e. The van der Waals surface area contributed by atoms with E-state index in [2.05, 4.69) is 10.9 Å². The van der Waals surface area contributed by atoms with Crippen LogP contribution < -0.4 is 16.6 Å². The molecular weight excluding hydrogens is 251 g/mol. The highest BCUT2D eigenvalue weighted by Crippen LogP contribution is 2.12. The standard InChI is InChI=1S/C12H19FN4O2/c1-3-18-12(11(14)15,19-4-2)17-16-10-7-5-9(13)6-8-10/h5-8,16-17H,3-4H2,1-2H3,(H3,14,15). The molecule has 19 heavy (non-hydrogen) atoms. The second kappa shape index (κ2) is 7.03. The smallest absolute Gasteiger partial charge is 0.305 e. The van der Waals surface area contributed by atoms with Gasteiger partial charge in [-0.05, 0) is 38.1 Å². The van der Waals surface area contributed by atoms with Gasteiger partial charge in [-0.25, -0.2) is 4.39 Å².